The Morgan fingerprint density at radius 1 is 1.29 bits per heavy atom. The highest BCUT2D eigenvalue weighted by Gasteiger charge is 2.09. The van der Waals surface area contributed by atoms with Crippen molar-refractivity contribution in [2.24, 2.45) is 0 Å². The number of fused-ring (bicyclic) bond motifs is 1. The first-order chi connectivity index (χ1) is 10.2. The second kappa shape index (κ2) is 5.61. The molecule has 0 saturated carbocycles. The van der Waals surface area contributed by atoms with Crippen LogP contribution < -0.4 is 5.56 Å². The molecule has 3 rings (SSSR count). The Hall–Kier alpha value is -2.27. The maximum absolute atomic E-state index is 12.4. The van der Waals surface area contributed by atoms with Gasteiger partial charge in [-0.05, 0) is 37.6 Å². The van der Waals surface area contributed by atoms with E-state index in [1.165, 1.54) is 11.3 Å². The first kappa shape index (κ1) is 13.7. The van der Waals surface area contributed by atoms with E-state index in [-0.39, 0.29) is 5.56 Å². The third kappa shape index (κ3) is 2.64. The van der Waals surface area contributed by atoms with Gasteiger partial charge < -0.3 is 0 Å². The van der Waals surface area contributed by atoms with Crippen LogP contribution in [0.1, 0.15) is 29.6 Å². The van der Waals surface area contributed by atoms with E-state index in [1.807, 2.05) is 49.6 Å². The Morgan fingerprint density at radius 2 is 2.14 bits per heavy atom. The molecule has 0 bridgehead atoms. The van der Waals surface area contributed by atoms with E-state index in [2.05, 4.69) is 9.97 Å². The first-order valence-corrected chi connectivity index (χ1v) is 7.67. The van der Waals surface area contributed by atoms with Crippen LogP contribution in [0.5, 0.6) is 0 Å². The van der Waals surface area contributed by atoms with Gasteiger partial charge in [-0.25, -0.2) is 4.98 Å². The van der Waals surface area contributed by atoms with Crippen LogP contribution in [0.3, 0.4) is 0 Å². The van der Waals surface area contributed by atoms with Crippen molar-refractivity contribution in [3.63, 3.8) is 0 Å². The Morgan fingerprint density at radius 3 is 2.90 bits per heavy atom. The fourth-order valence-corrected chi connectivity index (χ4v) is 2.94. The molecule has 0 spiro atoms. The lowest BCUT2D eigenvalue weighted by atomic mass is 10.1. The van der Waals surface area contributed by atoms with Crippen LogP contribution in [0.4, 0.5) is 0 Å². The molecule has 0 saturated heterocycles. The summed E-state index contributed by atoms with van der Waals surface area (Å²) >= 11 is 1.46. The van der Waals surface area contributed by atoms with E-state index in [0.717, 1.165) is 22.6 Å². The van der Waals surface area contributed by atoms with Crippen molar-refractivity contribution in [1.29, 1.82) is 0 Å². The van der Waals surface area contributed by atoms with Crippen molar-refractivity contribution in [1.82, 2.24) is 14.4 Å². The molecular weight excluding hydrogens is 282 g/mol. The maximum atomic E-state index is 12.4. The normalized spacial score (nSPS) is 11.5. The van der Waals surface area contributed by atoms with Crippen molar-refractivity contribution in [3.05, 3.63) is 62.8 Å². The number of hydrogen-bond acceptors (Lipinski definition) is 4. The smallest absolute Gasteiger partial charge is 0.262 e. The van der Waals surface area contributed by atoms with Crippen molar-refractivity contribution in [3.8, 4) is 0 Å². The zero-order valence-electron chi connectivity index (χ0n) is 11.9. The third-order valence-electron chi connectivity index (χ3n) is 3.27. The molecule has 4 nitrogen and oxygen atoms in total. The van der Waals surface area contributed by atoms with Gasteiger partial charge in [0.1, 0.15) is 0 Å². The number of thiazole rings is 1. The summed E-state index contributed by atoms with van der Waals surface area (Å²) in [6.07, 6.45) is 6.20. The lowest BCUT2D eigenvalue weighted by Crippen LogP contribution is -2.19. The summed E-state index contributed by atoms with van der Waals surface area (Å²) in [4.78, 5) is 22.1. The molecule has 0 aromatic carbocycles. The summed E-state index contributed by atoms with van der Waals surface area (Å²) in [5.41, 5.74) is 3.31. The summed E-state index contributed by atoms with van der Waals surface area (Å²) in [6.45, 7) is 3.93. The second-order valence-electron chi connectivity index (χ2n) is 4.73. The van der Waals surface area contributed by atoms with Crippen LogP contribution in [0.25, 0.3) is 17.1 Å². The minimum absolute atomic E-state index is 0.0144. The number of hydrogen-bond donors (Lipinski definition) is 0. The molecule has 3 aromatic rings. The number of aryl methyl sites for hydroxylation is 1. The van der Waals surface area contributed by atoms with Crippen molar-refractivity contribution in [2.45, 2.75) is 20.3 Å². The minimum Gasteiger partial charge on any atom is -0.269 e. The molecule has 3 aromatic heterocycles. The van der Waals surface area contributed by atoms with Gasteiger partial charge in [-0.3, -0.25) is 14.2 Å². The summed E-state index contributed by atoms with van der Waals surface area (Å²) in [5.74, 6) is 0. The van der Waals surface area contributed by atoms with Crippen LogP contribution in [0.2, 0.25) is 0 Å². The molecule has 106 valence electrons. The highest BCUT2D eigenvalue weighted by atomic mass is 32.1. The minimum atomic E-state index is 0.0144. The number of aromatic nitrogens is 3. The average molecular weight is 297 g/mol. The van der Waals surface area contributed by atoms with Gasteiger partial charge in [0, 0.05) is 22.8 Å². The van der Waals surface area contributed by atoms with Crippen LogP contribution in [-0.2, 0) is 6.42 Å². The molecule has 0 unspecified atom stereocenters. The summed E-state index contributed by atoms with van der Waals surface area (Å²) in [6, 6.07) is 5.86. The Bertz CT molecular complexity index is 877. The molecule has 0 radical (unpaired) electrons. The maximum Gasteiger partial charge on any atom is 0.262 e. The highest BCUT2D eigenvalue weighted by Crippen LogP contribution is 2.13. The van der Waals surface area contributed by atoms with Gasteiger partial charge in [0.05, 0.1) is 11.4 Å². The van der Waals surface area contributed by atoms with Crippen LogP contribution in [0.15, 0.2) is 34.6 Å². The summed E-state index contributed by atoms with van der Waals surface area (Å²) in [5, 5.41) is 1.87. The van der Waals surface area contributed by atoms with Gasteiger partial charge in [-0.1, -0.05) is 13.0 Å². The fourth-order valence-electron chi connectivity index (χ4n) is 2.22. The molecular formula is C16H15N3OS. The molecule has 3 heterocycles. The monoisotopic (exact) mass is 297 g/mol. The lowest BCUT2D eigenvalue weighted by molar-refractivity contribution is 0.976. The van der Waals surface area contributed by atoms with E-state index in [9.17, 15) is 4.79 Å². The van der Waals surface area contributed by atoms with Gasteiger partial charge in [-0.15, -0.1) is 11.3 Å². The molecule has 0 atom stereocenters. The summed E-state index contributed by atoms with van der Waals surface area (Å²) in [7, 11) is 0. The number of rotatable bonds is 3. The van der Waals surface area contributed by atoms with Gasteiger partial charge in [0.2, 0.25) is 0 Å². The molecule has 0 fully saturated rings. The van der Waals surface area contributed by atoms with Crippen LogP contribution >= 0.6 is 11.3 Å². The van der Waals surface area contributed by atoms with Gasteiger partial charge in [0.15, 0.2) is 4.96 Å². The molecule has 0 aliphatic carbocycles. The molecule has 0 amide bonds. The Balaban J connectivity index is 2.09. The second-order valence-corrected chi connectivity index (χ2v) is 5.60. The van der Waals surface area contributed by atoms with E-state index in [4.69, 9.17) is 0 Å². The van der Waals surface area contributed by atoms with E-state index in [1.54, 1.807) is 10.6 Å². The largest absolute Gasteiger partial charge is 0.269 e. The quantitative estimate of drug-likeness (QED) is 0.746. The Kier molecular flexibility index (Phi) is 3.66. The lowest BCUT2D eigenvalue weighted by Gasteiger charge is -2.03. The highest BCUT2D eigenvalue weighted by molar-refractivity contribution is 7.15. The van der Waals surface area contributed by atoms with Crippen LogP contribution in [0, 0.1) is 6.92 Å². The molecule has 5 heteroatoms. The van der Waals surface area contributed by atoms with E-state index >= 15 is 0 Å². The van der Waals surface area contributed by atoms with E-state index < -0.39 is 0 Å². The predicted octanol–water partition coefficient (Wildman–Crippen LogP) is 3.19. The van der Waals surface area contributed by atoms with Gasteiger partial charge >= 0.3 is 0 Å². The Labute approximate surface area is 126 Å². The SMILES string of the molecule is CCc1c(C=Cc2cccc(C)n2)nc2sccn2c1=O. The van der Waals surface area contributed by atoms with Gasteiger partial charge in [0.25, 0.3) is 5.56 Å². The topological polar surface area (TPSA) is 47.3 Å². The number of nitrogens with zero attached hydrogens (tertiary/aromatic N) is 3. The summed E-state index contributed by atoms with van der Waals surface area (Å²) < 4.78 is 1.60. The molecule has 0 aliphatic heterocycles. The van der Waals surface area contributed by atoms with Gasteiger partial charge in [-0.2, -0.15) is 0 Å². The molecule has 21 heavy (non-hydrogen) atoms. The zero-order valence-corrected chi connectivity index (χ0v) is 12.7. The van der Waals surface area contributed by atoms with Crippen LogP contribution in [-0.4, -0.2) is 14.4 Å². The van der Waals surface area contributed by atoms with Crippen molar-refractivity contribution < 1.29 is 0 Å². The number of pyridine rings is 1. The van der Waals surface area contributed by atoms with Crippen molar-refractivity contribution >= 4 is 28.4 Å². The van der Waals surface area contributed by atoms with Crippen molar-refractivity contribution in [2.75, 3.05) is 0 Å². The third-order valence-corrected chi connectivity index (χ3v) is 4.02. The zero-order chi connectivity index (χ0) is 14.8. The van der Waals surface area contributed by atoms with E-state index in [0.29, 0.717) is 11.4 Å². The first-order valence-electron chi connectivity index (χ1n) is 6.79. The average Bonchev–Trinajstić information content (AvgIpc) is 2.94. The molecule has 0 aliphatic rings. The fraction of sp³-hybridized carbons (Fsp3) is 0.188. The molecule has 0 N–H and O–H groups in total. The predicted molar refractivity (Wildman–Crippen MR) is 86.6 cm³/mol. The standard InChI is InChI=1S/C16H15N3OS/c1-3-13-14(8-7-12-6-4-5-11(2)17-12)18-16-19(15(13)20)9-10-21-16/h4-10H,3H2,1-2H3.